The van der Waals surface area contributed by atoms with Gasteiger partial charge in [-0.3, -0.25) is 4.79 Å². The number of benzene rings is 2. The van der Waals surface area contributed by atoms with E-state index in [4.69, 9.17) is 9.15 Å². The van der Waals surface area contributed by atoms with E-state index in [2.05, 4.69) is 5.32 Å². The lowest BCUT2D eigenvalue weighted by molar-refractivity contribution is -0.308. The van der Waals surface area contributed by atoms with Crippen molar-refractivity contribution in [3.05, 3.63) is 75.1 Å². The maximum Gasteiger partial charge on any atom is 0.339 e. The number of hydrogen-bond donors (Lipinski definition) is 1. The number of nitrogens with one attached hydrogen (secondary N) is 1. The highest BCUT2D eigenvalue weighted by Crippen LogP contribution is 2.33. The third kappa shape index (κ3) is 4.10. The van der Waals surface area contributed by atoms with Crippen LogP contribution in [0.4, 0.5) is 0 Å². The summed E-state index contributed by atoms with van der Waals surface area (Å²) in [7, 11) is 0. The summed E-state index contributed by atoms with van der Waals surface area (Å²) in [5.74, 6) is -1.62. The number of aliphatic carboxylic acids is 1. The Labute approximate surface area is 185 Å². The van der Waals surface area contributed by atoms with Crippen LogP contribution in [0.3, 0.4) is 0 Å². The second kappa shape index (κ2) is 8.86. The molecule has 3 aromatic rings. The Balaban J connectivity index is 1.57. The zero-order chi connectivity index (χ0) is 22.8. The number of ether oxygens (including phenoxy) is 1. The molecule has 2 aromatic carbocycles. The van der Waals surface area contributed by atoms with E-state index in [0.29, 0.717) is 22.5 Å². The van der Waals surface area contributed by atoms with Crippen molar-refractivity contribution in [2.45, 2.75) is 51.7 Å². The van der Waals surface area contributed by atoms with Gasteiger partial charge in [0.25, 0.3) is 5.91 Å². The first-order chi connectivity index (χ1) is 15.4. The Kier molecular flexibility index (Phi) is 5.99. The fourth-order valence-corrected chi connectivity index (χ4v) is 4.18. The van der Waals surface area contributed by atoms with Crippen molar-refractivity contribution in [3.8, 4) is 5.75 Å². The first kappa shape index (κ1) is 21.6. The highest BCUT2D eigenvalue weighted by molar-refractivity contribution is 5.88. The van der Waals surface area contributed by atoms with E-state index in [0.717, 1.165) is 42.2 Å². The number of rotatable bonds is 6. The minimum absolute atomic E-state index is 0.321. The smallest absolute Gasteiger partial charge is 0.339 e. The molecular weight excluding hydrogens is 410 g/mol. The number of carboxylic acid groups (broad SMARTS) is 1. The van der Waals surface area contributed by atoms with Crippen LogP contribution in [-0.4, -0.2) is 18.0 Å². The summed E-state index contributed by atoms with van der Waals surface area (Å²) in [4.78, 5) is 36.7. The zero-order valence-electron chi connectivity index (χ0n) is 18.0. The molecule has 1 aliphatic carbocycles. The van der Waals surface area contributed by atoms with E-state index in [1.807, 2.05) is 6.07 Å². The van der Waals surface area contributed by atoms with Crippen LogP contribution in [0.1, 0.15) is 48.1 Å². The molecule has 1 aliphatic rings. The molecule has 2 atom stereocenters. The number of carbonyl (C=O) groups is 2. The molecule has 166 valence electrons. The summed E-state index contributed by atoms with van der Waals surface area (Å²) in [6.07, 6.45) is 2.58. The van der Waals surface area contributed by atoms with Crippen LogP contribution in [0.2, 0.25) is 0 Å². The lowest BCUT2D eigenvalue weighted by atomic mass is 9.90. The Morgan fingerprint density at radius 2 is 1.75 bits per heavy atom. The molecule has 0 bridgehead atoms. The lowest BCUT2D eigenvalue weighted by Crippen LogP contribution is -2.45. The zero-order valence-corrected chi connectivity index (χ0v) is 18.0. The van der Waals surface area contributed by atoms with E-state index < -0.39 is 24.0 Å². The Morgan fingerprint density at radius 1 is 1.06 bits per heavy atom. The number of aryl methyl sites for hydroxylation is 2. The van der Waals surface area contributed by atoms with Gasteiger partial charge in [-0.25, -0.2) is 4.79 Å². The van der Waals surface area contributed by atoms with Crippen molar-refractivity contribution in [1.29, 1.82) is 0 Å². The van der Waals surface area contributed by atoms with Gasteiger partial charge in [-0.2, -0.15) is 0 Å². The number of amides is 1. The van der Waals surface area contributed by atoms with E-state index in [1.54, 1.807) is 43.3 Å². The third-order valence-corrected chi connectivity index (χ3v) is 5.92. The molecule has 7 heteroatoms. The second-order valence-corrected chi connectivity index (χ2v) is 8.05. The van der Waals surface area contributed by atoms with Crippen molar-refractivity contribution in [3.63, 3.8) is 0 Å². The number of carboxylic acids is 1. The molecule has 1 heterocycles. The van der Waals surface area contributed by atoms with E-state index in [-0.39, 0.29) is 5.63 Å². The molecule has 1 amide bonds. The molecule has 0 saturated heterocycles. The van der Waals surface area contributed by atoms with Gasteiger partial charge in [0.15, 0.2) is 6.10 Å². The van der Waals surface area contributed by atoms with E-state index in [9.17, 15) is 19.5 Å². The number of fused-ring (bicyclic) bond motifs is 3. The van der Waals surface area contributed by atoms with Crippen LogP contribution >= 0.6 is 0 Å². The molecule has 0 spiro atoms. The lowest BCUT2D eigenvalue weighted by Gasteiger charge is -2.23. The highest BCUT2D eigenvalue weighted by Gasteiger charge is 2.24. The second-order valence-electron chi connectivity index (χ2n) is 8.05. The number of carbonyl (C=O) groups excluding carboxylic acids is 2. The Morgan fingerprint density at radius 3 is 2.44 bits per heavy atom. The fourth-order valence-electron chi connectivity index (χ4n) is 4.18. The summed E-state index contributed by atoms with van der Waals surface area (Å²) in [5, 5.41) is 14.9. The van der Waals surface area contributed by atoms with E-state index in [1.165, 1.54) is 6.92 Å². The molecule has 0 unspecified atom stereocenters. The highest BCUT2D eigenvalue weighted by atomic mass is 16.5. The van der Waals surface area contributed by atoms with E-state index >= 15 is 0 Å². The van der Waals surface area contributed by atoms with Crippen LogP contribution in [0.15, 0.2) is 51.7 Å². The Hall–Kier alpha value is -3.61. The predicted molar refractivity (Wildman–Crippen MR) is 116 cm³/mol. The van der Waals surface area contributed by atoms with Crippen LogP contribution in [0, 0.1) is 6.92 Å². The fraction of sp³-hybridized carbons (Fsp3) is 0.320. The average Bonchev–Trinajstić information content (AvgIpc) is 2.80. The van der Waals surface area contributed by atoms with Gasteiger partial charge in [0, 0.05) is 16.5 Å². The maximum atomic E-state index is 12.7. The third-order valence-electron chi connectivity index (χ3n) is 5.92. The van der Waals surface area contributed by atoms with Gasteiger partial charge in [0.1, 0.15) is 11.3 Å². The molecule has 1 aromatic heterocycles. The van der Waals surface area contributed by atoms with Gasteiger partial charge in [-0.15, -0.1) is 0 Å². The minimum atomic E-state index is -1.41. The van der Waals surface area contributed by atoms with Gasteiger partial charge < -0.3 is 24.4 Å². The normalized spacial score (nSPS) is 14.9. The topological polar surface area (TPSA) is 109 Å². The largest absolute Gasteiger partial charge is 0.548 e. The van der Waals surface area contributed by atoms with Gasteiger partial charge in [-0.1, -0.05) is 30.3 Å². The first-order valence-electron chi connectivity index (χ1n) is 10.7. The number of hydrogen-bond acceptors (Lipinski definition) is 6. The molecule has 0 aliphatic heterocycles. The average molecular weight is 434 g/mol. The van der Waals surface area contributed by atoms with Crippen molar-refractivity contribution < 1.29 is 23.8 Å². The molecule has 4 rings (SSSR count). The van der Waals surface area contributed by atoms with Crippen LogP contribution < -0.4 is 20.8 Å². The van der Waals surface area contributed by atoms with Crippen LogP contribution in [0.25, 0.3) is 11.0 Å². The summed E-state index contributed by atoms with van der Waals surface area (Å²) >= 11 is 0. The minimum Gasteiger partial charge on any atom is -0.548 e. The van der Waals surface area contributed by atoms with Gasteiger partial charge in [0.2, 0.25) is 0 Å². The van der Waals surface area contributed by atoms with Crippen molar-refractivity contribution in [2.24, 2.45) is 0 Å². The summed E-state index contributed by atoms with van der Waals surface area (Å²) < 4.78 is 11.4. The molecule has 0 saturated carbocycles. The van der Waals surface area contributed by atoms with Crippen LogP contribution in [-0.2, 0) is 22.4 Å². The summed E-state index contributed by atoms with van der Waals surface area (Å²) in [6, 6.07) is 10.6. The predicted octanol–water partition coefficient (Wildman–Crippen LogP) is 2.35. The van der Waals surface area contributed by atoms with Crippen molar-refractivity contribution >= 4 is 22.8 Å². The van der Waals surface area contributed by atoms with Crippen LogP contribution in [0.5, 0.6) is 5.75 Å². The molecule has 32 heavy (non-hydrogen) atoms. The molecule has 7 nitrogen and oxygen atoms in total. The summed E-state index contributed by atoms with van der Waals surface area (Å²) in [5.41, 5.74) is 2.94. The standard InChI is InChI=1S/C25H25NO6/c1-14-20(13-12-18-17-10-6-7-11-19(17)25(30)32-22(14)18)31-15(2)23(27)26-21(24(28)29)16-8-4-3-5-9-16/h3-5,8-9,12-13,15,21H,6-7,10-11H2,1-2H3,(H,26,27)(H,28,29)/p-1/t15-,21-/m0/s1. The quantitative estimate of drug-likeness (QED) is 0.597. The van der Waals surface area contributed by atoms with Gasteiger partial charge in [0.05, 0.1) is 12.0 Å². The monoisotopic (exact) mass is 434 g/mol. The molecule has 0 radical (unpaired) electrons. The maximum absolute atomic E-state index is 12.7. The first-order valence-corrected chi connectivity index (χ1v) is 10.7. The molecule has 1 N–H and O–H groups in total. The molecule has 0 fully saturated rings. The van der Waals surface area contributed by atoms with Crippen molar-refractivity contribution in [2.75, 3.05) is 0 Å². The van der Waals surface area contributed by atoms with Gasteiger partial charge in [-0.05, 0) is 62.8 Å². The Bertz CT molecular complexity index is 1230. The molecular formula is C25H24NO6-. The SMILES string of the molecule is Cc1c(O[C@@H](C)C(=O)N[C@H](C(=O)[O-])c2ccccc2)ccc2c3c(c(=O)oc12)CCCC3. The summed E-state index contributed by atoms with van der Waals surface area (Å²) in [6.45, 7) is 3.30. The van der Waals surface area contributed by atoms with Gasteiger partial charge >= 0.3 is 5.63 Å². The van der Waals surface area contributed by atoms with Crippen molar-refractivity contribution in [1.82, 2.24) is 5.32 Å².